The van der Waals surface area contributed by atoms with E-state index in [1.807, 2.05) is 55.0 Å². The first-order chi connectivity index (χ1) is 11.0. The van der Waals surface area contributed by atoms with Crippen molar-refractivity contribution in [1.29, 1.82) is 10.5 Å². The summed E-state index contributed by atoms with van der Waals surface area (Å²) < 4.78 is 3.63. The standard InChI is InChI=1S/C14H20N4O.2CHN/c1-9(2)17-12-6-5-11(8-16-15)7-13(12)18(10(3)4)14(17)19;2*1-2/h5-10H,15H2,1-4H3;2*1H. The molecular formula is C16H22N6O. The van der Waals surface area contributed by atoms with E-state index >= 15 is 0 Å². The minimum atomic E-state index is 0.0295. The van der Waals surface area contributed by atoms with E-state index in [-0.39, 0.29) is 17.8 Å². The summed E-state index contributed by atoms with van der Waals surface area (Å²) in [4.78, 5) is 12.5. The summed E-state index contributed by atoms with van der Waals surface area (Å²) in [7, 11) is 0. The second-order valence-corrected chi connectivity index (χ2v) is 5.24. The maximum Gasteiger partial charge on any atom is 0.329 e. The SMILES string of the molecule is C#N.C#N.CC(C)n1c(=O)n(C(C)C)c2cc(C=NN)ccc21. The average Bonchev–Trinajstić information content (AvgIpc) is 2.83. The maximum atomic E-state index is 12.5. The third-order valence-electron chi connectivity index (χ3n) is 3.19. The molecule has 7 nitrogen and oxygen atoms in total. The average molecular weight is 314 g/mol. The molecule has 0 radical (unpaired) electrons. The van der Waals surface area contributed by atoms with Crippen molar-refractivity contribution in [3.63, 3.8) is 0 Å². The molecule has 0 aliphatic heterocycles. The summed E-state index contributed by atoms with van der Waals surface area (Å²) >= 11 is 0. The number of nitriles is 2. The largest absolute Gasteiger partial charge is 0.329 e. The molecule has 0 atom stereocenters. The molecule has 23 heavy (non-hydrogen) atoms. The Labute approximate surface area is 135 Å². The minimum absolute atomic E-state index is 0.0295. The maximum absolute atomic E-state index is 12.5. The molecule has 0 amide bonds. The third-order valence-corrected chi connectivity index (χ3v) is 3.19. The van der Waals surface area contributed by atoms with Gasteiger partial charge in [0, 0.05) is 25.2 Å². The Bertz CT molecular complexity index is 755. The molecule has 0 fully saturated rings. The number of nitrogens with two attached hydrogens (primary N) is 1. The van der Waals surface area contributed by atoms with Crippen LogP contribution in [0.2, 0.25) is 0 Å². The van der Waals surface area contributed by atoms with Gasteiger partial charge < -0.3 is 5.84 Å². The molecule has 2 rings (SSSR count). The van der Waals surface area contributed by atoms with Gasteiger partial charge in [-0.3, -0.25) is 9.13 Å². The Morgan fingerprint density at radius 1 is 1.04 bits per heavy atom. The number of hydrogen-bond acceptors (Lipinski definition) is 5. The van der Waals surface area contributed by atoms with Crippen molar-refractivity contribution < 1.29 is 0 Å². The van der Waals surface area contributed by atoms with Crippen molar-refractivity contribution >= 4 is 17.2 Å². The lowest BCUT2D eigenvalue weighted by Gasteiger charge is -2.07. The number of imidazole rings is 1. The quantitative estimate of drug-likeness (QED) is 0.532. The summed E-state index contributed by atoms with van der Waals surface area (Å²) in [6.07, 6.45) is 1.58. The van der Waals surface area contributed by atoms with E-state index < -0.39 is 0 Å². The van der Waals surface area contributed by atoms with Gasteiger partial charge in [0.05, 0.1) is 17.2 Å². The minimum Gasteiger partial charge on any atom is -0.323 e. The summed E-state index contributed by atoms with van der Waals surface area (Å²) in [5.74, 6) is 5.18. The van der Waals surface area contributed by atoms with E-state index in [0.717, 1.165) is 16.6 Å². The summed E-state index contributed by atoms with van der Waals surface area (Å²) in [5.41, 5.74) is 2.79. The zero-order valence-corrected chi connectivity index (χ0v) is 13.8. The van der Waals surface area contributed by atoms with Crippen LogP contribution in [0.1, 0.15) is 45.3 Å². The smallest absolute Gasteiger partial charge is 0.323 e. The number of fused-ring (bicyclic) bond motifs is 1. The van der Waals surface area contributed by atoms with Gasteiger partial charge in [-0.05, 0) is 45.4 Å². The highest BCUT2D eigenvalue weighted by Crippen LogP contribution is 2.21. The van der Waals surface area contributed by atoms with E-state index in [4.69, 9.17) is 16.4 Å². The summed E-state index contributed by atoms with van der Waals surface area (Å²) in [6, 6.07) is 6.06. The van der Waals surface area contributed by atoms with Crippen molar-refractivity contribution in [2.75, 3.05) is 0 Å². The Balaban J connectivity index is 0.00000112. The molecule has 122 valence electrons. The number of benzene rings is 1. The van der Waals surface area contributed by atoms with Gasteiger partial charge in [0.25, 0.3) is 0 Å². The lowest BCUT2D eigenvalue weighted by Crippen LogP contribution is -2.26. The highest BCUT2D eigenvalue weighted by Gasteiger charge is 2.17. The van der Waals surface area contributed by atoms with Crippen molar-refractivity contribution in [3.8, 4) is 13.1 Å². The van der Waals surface area contributed by atoms with Crippen LogP contribution in [-0.2, 0) is 0 Å². The molecule has 0 saturated heterocycles. The van der Waals surface area contributed by atoms with Crippen LogP contribution in [0.4, 0.5) is 0 Å². The second-order valence-electron chi connectivity index (χ2n) is 5.24. The van der Waals surface area contributed by atoms with E-state index in [0.29, 0.717) is 0 Å². The van der Waals surface area contributed by atoms with Gasteiger partial charge in [0.15, 0.2) is 0 Å². The first-order valence-corrected chi connectivity index (χ1v) is 6.98. The monoisotopic (exact) mass is 314 g/mol. The van der Waals surface area contributed by atoms with Crippen molar-refractivity contribution in [2.24, 2.45) is 10.9 Å². The van der Waals surface area contributed by atoms with Crippen LogP contribution in [0.25, 0.3) is 11.0 Å². The van der Waals surface area contributed by atoms with E-state index in [2.05, 4.69) is 18.2 Å². The molecule has 0 bridgehead atoms. The highest BCUT2D eigenvalue weighted by atomic mass is 16.1. The molecule has 0 saturated carbocycles. The fourth-order valence-corrected chi connectivity index (χ4v) is 2.42. The molecule has 1 aromatic carbocycles. The summed E-state index contributed by atoms with van der Waals surface area (Å²) in [5, 5.41) is 16.5. The highest BCUT2D eigenvalue weighted by molar-refractivity contribution is 5.87. The van der Waals surface area contributed by atoms with Crippen LogP contribution in [0.5, 0.6) is 0 Å². The van der Waals surface area contributed by atoms with Gasteiger partial charge in [0.2, 0.25) is 0 Å². The zero-order valence-electron chi connectivity index (χ0n) is 13.8. The number of nitrogens with zero attached hydrogens (tertiary/aromatic N) is 5. The number of aromatic nitrogens is 2. The predicted molar refractivity (Wildman–Crippen MR) is 92.1 cm³/mol. The topological polar surface area (TPSA) is 113 Å². The molecule has 1 heterocycles. The Morgan fingerprint density at radius 2 is 1.52 bits per heavy atom. The lowest BCUT2D eigenvalue weighted by atomic mass is 10.2. The number of hydrazone groups is 1. The van der Waals surface area contributed by atoms with Crippen LogP contribution in [0.15, 0.2) is 28.1 Å². The van der Waals surface area contributed by atoms with Crippen molar-refractivity contribution in [2.45, 2.75) is 39.8 Å². The number of rotatable bonds is 3. The second kappa shape index (κ2) is 9.06. The fraction of sp³-hybridized carbons (Fsp3) is 0.375. The first kappa shape index (κ1) is 19.9. The molecule has 0 aliphatic carbocycles. The fourth-order valence-electron chi connectivity index (χ4n) is 2.42. The lowest BCUT2D eigenvalue weighted by molar-refractivity contribution is 0.533. The molecule has 0 aliphatic rings. The molecule has 0 unspecified atom stereocenters. The van der Waals surface area contributed by atoms with Gasteiger partial charge in [0.1, 0.15) is 0 Å². The molecule has 2 aromatic rings. The Hall–Kier alpha value is -3.06. The van der Waals surface area contributed by atoms with Crippen LogP contribution in [0.3, 0.4) is 0 Å². The van der Waals surface area contributed by atoms with Gasteiger partial charge in [-0.2, -0.15) is 5.10 Å². The van der Waals surface area contributed by atoms with E-state index in [9.17, 15) is 4.79 Å². The first-order valence-electron chi connectivity index (χ1n) is 6.98. The molecule has 7 heteroatoms. The van der Waals surface area contributed by atoms with Crippen LogP contribution in [0, 0.1) is 23.7 Å². The normalized spacial score (nSPS) is 10.3. The van der Waals surface area contributed by atoms with Gasteiger partial charge in [-0.25, -0.2) is 15.3 Å². The van der Waals surface area contributed by atoms with E-state index in [1.165, 1.54) is 0 Å². The number of hydrogen-bond donors (Lipinski definition) is 1. The Kier molecular flexibility index (Phi) is 7.85. The van der Waals surface area contributed by atoms with Gasteiger partial charge in [-0.15, -0.1) is 0 Å². The molecule has 2 N–H and O–H groups in total. The van der Waals surface area contributed by atoms with E-state index in [1.54, 1.807) is 6.21 Å². The van der Waals surface area contributed by atoms with Crippen LogP contribution >= 0.6 is 0 Å². The van der Waals surface area contributed by atoms with Crippen LogP contribution in [-0.4, -0.2) is 15.3 Å². The summed E-state index contributed by atoms with van der Waals surface area (Å²) in [6.45, 7) is 15.0. The van der Waals surface area contributed by atoms with Crippen LogP contribution < -0.4 is 11.5 Å². The third kappa shape index (κ3) is 3.98. The molecule has 0 spiro atoms. The van der Waals surface area contributed by atoms with Crippen molar-refractivity contribution in [3.05, 3.63) is 34.2 Å². The zero-order chi connectivity index (χ0) is 18.2. The molecular weight excluding hydrogens is 292 g/mol. The van der Waals surface area contributed by atoms with Gasteiger partial charge >= 0.3 is 5.69 Å². The van der Waals surface area contributed by atoms with Crippen molar-refractivity contribution in [1.82, 2.24) is 9.13 Å². The Morgan fingerprint density at radius 3 is 1.96 bits per heavy atom. The van der Waals surface area contributed by atoms with Gasteiger partial charge in [-0.1, -0.05) is 6.07 Å². The predicted octanol–water partition coefficient (Wildman–Crippen LogP) is 2.54. The molecule has 1 aromatic heterocycles.